The molecule has 0 fully saturated rings. The van der Waals surface area contributed by atoms with Gasteiger partial charge in [-0.25, -0.2) is 9.59 Å². The van der Waals surface area contributed by atoms with E-state index in [1.165, 1.54) is 21.3 Å². The van der Waals surface area contributed by atoms with E-state index in [1.54, 1.807) is 42.2 Å². The second kappa shape index (κ2) is 9.74. The highest BCUT2D eigenvalue weighted by atomic mass is 32.1. The van der Waals surface area contributed by atoms with Crippen LogP contribution in [-0.2, 0) is 16.1 Å². The van der Waals surface area contributed by atoms with Crippen molar-refractivity contribution < 1.29 is 28.5 Å². The van der Waals surface area contributed by atoms with E-state index in [4.69, 9.17) is 18.9 Å². The molecule has 9 heteroatoms. The van der Waals surface area contributed by atoms with Gasteiger partial charge in [-0.05, 0) is 43.0 Å². The summed E-state index contributed by atoms with van der Waals surface area (Å²) in [7, 11) is 4.53. The summed E-state index contributed by atoms with van der Waals surface area (Å²) >= 11 is 1.54. The summed E-state index contributed by atoms with van der Waals surface area (Å²) in [6.07, 6.45) is 0. The minimum atomic E-state index is -0.736. The maximum absolute atomic E-state index is 13.0. The zero-order chi connectivity index (χ0) is 22.5. The van der Waals surface area contributed by atoms with Crippen molar-refractivity contribution in [2.45, 2.75) is 26.4 Å². The third-order valence-corrected chi connectivity index (χ3v) is 5.87. The SMILES string of the molecule is CCOC(=O)C1=C(C)N(Cc2cccs2)C(=O)NC1c1cc(OC)c(OC)c(OC)c1. The predicted octanol–water partition coefficient (Wildman–Crippen LogP) is 3.88. The molecular weight excluding hydrogens is 420 g/mol. The topological polar surface area (TPSA) is 86.3 Å². The number of urea groups is 1. The molecule has 2 amide bonds. The number of thiophene rings is 1. The van der Waals surface area contributed by atoms with Crippen LogP contribution < -0.4 is 19.5 Å². The molecule has 0 saturated heterocycles. The number of nitrogens with one attached hydrogen (secondary N) is 1. The van der Waals surface area contributed by atoms with Crippen LogP contribution in [0.15, 0.2) is 40.9 Å². The number of esters is 1. The van der Waals surface area contributed by atoms with Crippen LogP contribution in [0.3, 0.4) is 0 Å². The Morgan fingerprint density at radius 1 is 1.16 bits per heavy atom. The molecule has 0 spiro atoms. The van der Waals surface area contributed by atoms with Gasteiger partial charge in [0, 0.05) is 10.6 Å². The first-order chi connectivity index (χ1) is 14.9. The van der Waals surface area contributed by atoms with E-state index in [1.807, 2.05) is 17.5 Å². The molecule has 8 nitrogen and oxygen atoms in total. The summed E-state index contributed by atoms with van der Waals surface area (Å²) in [5, 5.41) is 4.88. The number of carbonyl (C=O) groups excluding carboxylic acids is 2. The molecule has 166 valence electrons. The lowest BCUT2D eigenvalue weighted by molar-refractivity contribution is -0.139. The van der Waals surface area contributed by atoms with Gasteiger partial charge in [0.25, 0.3) is 0 Å². The van der Waals surface area contributed by atoms with E-state index in [2.05, 4.69) is 5.32 Å². The van der Waals surface area contributed by atoms with Gasteiger partial charge in [0.1, 0.15) is 0 Å². The monoisotopic (exact) mass is 446 g/mol. The first-order valence-electron chi connectivity index (χ1n) is 9.73. The van der Waals surface area contributed by atoms with Crippen molar-refractivity contribution in [1.29, 1.82) is 0 Å². The van der Waals surface area contributed by atoms with Crippen LogP contribution in [0.4, 0.5) is 4.79 Å². The van der Waals surface area contributed by atoms with Crippen LogP contribution in [-0.4, -0.2) is 44.8 Å². The van der Waals surface area contributed by atoms with E-state index in [0.717, 1.165) is 4.88 Å². The molecule has 3 rings (SSSR count). The number of carbonyl (C=O) groups is 2. The van der Waals surface area contributed by atoms with Crippen LogP contribution >= 0.6 is 11.3 Å². The Kier molecular flexibility index (Phi) is 7.06. The highest BCUT2D eigenvalue weighted by Crippen LogP contribution is 2.42. The summed E-state index contributed by atoms with van der Waals surface area (Å²) in [4.78, 5) is 28.5. The Morgan fingerprint density at radius 3 is 2.35 bits per heavy atom. The molecule has 1 N–H and O–H groups in total. The van der Waals surface area contributed by atoms with Gasteiger partial charge in [-0.2, -0.15) is 0 Å². The third kappa shape index (κ3) is 4.46. The fourth-order valence-electron chi connectivity index (χ4n) is 3.52. The number of ether oxygens (including phenoxy) is 4. The molecule has 0 radical (unpaired) electrons. The molecule has 1 aliphatic rings. The first kappa shape index (κ1) is 22.5. The molecule has 0 saturated carbocycles. The second-order valence-electron chi connectivity index (χ2n) is 6.73. The maximum atomic E-state index is 13.0. The average Bonchev–Trinajstić information content (AvgIpc) is 3.28. The Balaban J connectivity index is 2.11. The fraction of sp³-hybridized carbons (Fsp3) is 0.364. The second-order valence-corrected chi connectivity index (χ2v) is 7.76. The molecule has 1 aliphatic heterocycles. The van der Waals surface area contributed by atoms with Crippen LogP contribution in [0.25, 0.3) is 0 Å². The largest absolute Gasteiger partial charge is 0.493 e. The summed E-state index contributed by atoms with van der Waals surface area (Å²) in [6, 6.07) is 6.26. The van der Waals surface area contributed by atoms with Crippen LogP contribution in [0, 0.1) is 0 Å². The average molecular weight is 447 g/mol. The van der Waals surface area contributed by atoms with Crippen molar-refractivity contribution >= 4 is 23.3 Å². The van der Waals surface area contributed by atoms with Crippen LogP contribution in [0.1, 0.15) is 30.3 Å². The summed E-state index contributed by atoms with van der Waals surface area (Å²) in [5.41, 5.74) is 1.50. The van der Waals surface area contributed by atoms with Gasteiger partial charge in [0.05, 0.1) is 46.1 Å². The lowest BCUT2D eigenvalue weighted by Gasteiger charge is -2.35. The number of methoxy groups -OCH3 is 3. The Morgan fingerprint density at radius 2 is 1.84 bits per heavy atom. The number of rotatable bonds is 8. The van der Waals surface area contributed by atoms with Crippen molar-refractivity contribution in [1.82, 2.24) is 10.2 Å². The third-order valence-electron chi connectivity index (χ3n) is 5.01. The van der Waals surface area contributed by atoms with Crippen molar-refractivity contribution in [2.75, 3.05) is 27.9 Å². The minimum absolute atomic E-state index is 0.219. The van der Waals surface area contributed by atoms with E-state index < -0.39 is 12.0 Å². The van der Waals surface area contributed by atoms with Gasteiger partial charge in [-0.15, -0.1) is 11.3 Å². The van der Waals surface area contributed by atoms with Gasteiger partial charge in [-0.1, -0.05) is 6.07 Å². The van der Waals surface area contributed by atoms with E-state index in [0.29, 0.717) is 40.6 Å². The van der Waals surface area contributed by atoms with E-state index >= 15 is 0 Å². The normalized spacial score (nSPS) is 16.1. The smallest absolute Gasteiger partial charge is 0.338 e. The van der Waals surface area contributed by atoms with Crippen LogP contribution in [0.5, 0.6) is 17.2 Å². The molecule has 1 aromatic carbocycles. The summed E-state index contributed by atoms with van der Waals surface area (Å²) in [5.74, 6) is 0.782. The number of benzene rings is 1. The molecule has 1 unspecified atom stereocenters. The zero-order valence-electron chi connectivity index (χ0n) is 18.2. The van der Waals surface area contributed by atoms with Gasteiger partial charge < -0.3 is 24.3 Å². The van der Waals surface area contributed by atoms with Gasteiger partial charge >= 0.3 is 12.0 Å². The Labute approximate surface area is 185 Å². The van der Waals surface area contributed by atoms with E-state index in [9.17, 15) is 9.59 Å². The number of allylic oxidation sites excluding steroid dienone is 1. The highest BCUT2D eigenvalue weighted by molar-refractivity contribution is 7.09. The number of nitrogens with zero attached hydrogens (tertiary/aromatic N) is 1. The lowest BCUT2D eigenvalue weighted by Crippen LogP contribution is -2.47. The molecule has 2 heterocycles. The Hall–Kier alpha value is -3.20. The molecular formula is C22H26N2O6S. The molecule has 1 aromatic heterocycles. The first-order valence-corrected chi connectivity index (χ1v) is 10.6. The van der Waals surface area contributed by atoms with Gasteiger partial charge in [-0.3, -0.25) is 4.90 Å². The molecule has 31 heavy (non-hydrogen) atoms. The number of amides is 2. The predicted molar refractivity (Wildman–Crippen MR) is 117 cm³/mol. The highest BCUT2D eigenvalue weighted by Gasteiger charge is 2.37. The molecule has 0 aliphatic carbocycles. The maximum Gasteiger partial charge on any atom is 0.338 e. The van der Waals surface area contributed by atoms with Crippen molar-refractivity contribution in [3.63, 3.8) is 0 Å². The lowest BCUT2D eigenvalue weighted by atomic mass is 9.94. The van der Waals surface area contributed by atoms with Crippen LogP contribution in [0.2, 0.25) is 0 Å². The molecule has 0 bridgehead atoms. The number of hydrogen-bond donors (Lipinski definition) is 1. The Bertz CT molecular complexity index is 961. The summed E-state index contributed by atoms with van der Waals surface area (Å²) in [6.45, 7) is 4.08. The van der Waals surface area contributed by atoms with Crippen molar-refractivity contribution in [3.8, 4) is 17.2 Å². The zero-order valence-corrected chi connectivity index (χ0v) is 19.0. The number of hydrogen-bond acceptors (Lipinski definition) is 7. The van der Waals surface area contributed by atoms with Gasteiger partial charge in [0.15, 0.2) is 11.5 Å². The molecule has 2 aromatic rings. The summed E-state index contributed by atoms with van der Waals surface area (Å²) < 4.78 is 21.6. The van der Waals surface area contributed by atoms with Gasteiger partial charge in [0.2, 0.25) is 5.75 Å². The van der Waals surface area contributed by atoms with E-state index in [-0.39, 0.29) is 12.6 Å². The minimum Gasteiger partial charge on any atom is -0.493 e. The molecule has 1 atom stereocenters. The standard InChI is InChI=1S/C22H26N2O6S/c1-6-30-21(25)18-13(2)24(12-15-8-7-9-31-15)22(26)23-19(18)14-10-16(27-3)20(29-5)17(11-14)28-4/h7-11,19H,6,12H2,1-5H3,(H,23,26). The quantitative estimate of drug-likeness (QED) is 0.620. The van der Waals surface area contributed by atoms with Crippen molar-refractivity contribution in [3.05, 3.63) is 51.4 Å². The van der Waals surface area contributed by atoms with Crippen molar-refractivity contribution in [2.24, 2.45) is 0 Å². The fourth-order valence-corrected chi connectivity index (χ4v) is 4.21.